The van der Waals surface area contributed by atoms with E-state index < -0.39 is 11.9 Å². The number of hydrogen-bond donors (Lipinski definition) is 2. The lowest BCUT2D eigenvalue weighted by molar-refractivity contribution is 0.0727. The second kappa shape index (κ2) is 11.0. The Bertz CT molecular complexity index is 1540. The van der Waals surface area contributed by atoms with Crippen LogP contribution in [-0.2, 0) is 19.5 Å². The van der Waals surface area contributed by atoms with Crippen molar-refractivity contribution in [1.29, 1.82) is 0 Å². The Hall–Kier alpha value is -3.95. The van der Waals surface area contributed by atoms with Crippen molar-refractivity contribution in [3.05, 3.63) is 93.8 Å². The molecule has 0 aliphatic carbocycles. The molecule has 0 bridgehead atoms. The fourth-order valence-corrected chi connectivity index (χ4v) is 5.16. The zero-order valence-electron chi connectivity index (χ0n) is 21.9. The lowest BCUT2D eigenvalue weighted by Gasteiger charge is -2.31. The number of aromatic nitrogens is 3. The highest BCUT2D eigenvalue weighted by Crippen LogP contribution is 2.37. The van der Waals surface area contributed by atoms with Gasteiger partial charge in [0.2, 0.25) is 5.95 Å². The van der Waals surface area contributed by atoms with E-state index in [1.165, 1.54) is 13.2 Å². The summed E-state index contributed by atoms with van der Waals surface area (Å²) < 4.78 is 21.0. The molecule has 2 aromatic carbocycles. The molecule has 1 amide bonds. The number of methoxy groups -OCH3 is 1. The molecule has 5 rings (SSSR count). The Morgan fingerprint density at radius 1 is 1.13 bits per heavy atom. The second-order valence-electron chi connectivity index (χ2n) is 9.53. The summed E-state index contributed by atoms with van der Waals surface area (Å²) in [5.74, 6) is 0.264. The average Bonchev–Trinajstić information content (AvgIpc) is 3.38. The number of ether oxygens (including phenoxy) is 1. The fraction of sp³-hybridized carbons (Fsp3) is 0.276. The molecule has 202 valence electrons. The van der Waals surface area contributed by atoms with Crippen molar-refractivity contribution in [2.45, 2.75) is 32.5 Å². The van der Waals surface area contributed by atoms with Gasteiger partial charge in [0, 0.05) is 49.9 Å². The molecular weight excluding hydrogens is 521 g/mol. The number of halogens is 2. The highest BCUT2D eigenvalue weighted by Gasteiger charge is 2.29. The quantitative estimate of drug-likeness (QED) is 0.298. The molecule has 10 heteroatoms. The zero-order valence-corrected chi connectivity index (χ0v) is 22.7. The van der Waals surface area contributed by atoms with Crippen LogP contribution in [0.3, 0.4) is 0 Å². The number of carbonyl (C=O) groups excluding carboxylic acids is 1. The number of carbonyl (C=O) groups is 1. The monoisotopic (exact) mass is 549 g/mol. The van der Waals surface area contributed by atoms with Crippen LogP contribution in [0, 0.1) is 5.82 Å². The molecule has 2 aromatic heterocycles. The van der Waals surface area contributed by atoms with Crippen LogP contribution >= 0.6 is 11.6 Å². The van der Waals surface area contributed by atoms with Crippen LogP contribution in [-0.4, -0.2) is 51.2 Å². The first-order valence-electron chi connectivity index (χ1n) is 12.6. The van der Waals surface area contributed by atoms with Gasteiger partial charge in [-0.05, 0) is 71.5 Å². The van der Waals surface area contributed by atoms with Gasteiger partial charge in [-0.25, -0.2) is 14.4 Å². The van der Waals surface area contributed by atoms with E-state index in [4.69, 9.17) is 16.3 Å². The third-order valence-electron chi connectivity index (χ3n) is 6.97. The highest BCUT2D eigenvalue weighted by atomic mass is 35.5. The molecule has 1 atom stereocenters. The molecule has 2 N–H and O–H groups in total. The number of fused-ring (bicyclic) bond motifs is 1. The third-order valence-corrected chi connectivity index (χ3v) is 7.27. The maximum Gasteiger partial charge on any atom is 0.254 e. The number of nitrogens with zero attached hydrogens (tertiary/aromatic N) is 4. The number of nitrogens with one attached hydrogen (secondary N) is 1. The Morgan fingerprint density at radius 2 is 1.92 bits per heavy atom. The maximum absolute atomic E-state index is 13.9. The Labute approximate surface area is 231 Å². The minimum absolute atomic E-state index is 0.127. The predicted molar refractivity (Wildman–Crippen MR) is 148 cm³/mol. The van der Waals surface area contributed by atoms with Gasteiger partial charge in [-0.15, -0.1) is 0 Å². The lowest BCUT2D eigenvalue weighted by atomic mass is 9.88. The van der Waals surface area contributed by atoms with Gasteiger partial charge >= 0.3 is 0 Å². The number of anilines is 1. The minimum atomic E-state index is -0.721. The Balaban J connectivity index is 1.58. The van der Waals surface area contributed by atoms with Crippen molar-refractivity contribution in [3.63, 3.8) is 0 Å². The summed E-state index contributed by atoms with van der Waals surface area (Å²) in [5.41, 5.74) is 5.22. The number of hydrogen-bond acceptors (Lipinski definition) is 6. The summed E-state index contributed by atoms with van der Waals surface area (Å²) in [5, 5.41) is 13.6. The molecular formula is C29H29ClFN5O3. The molecule has 0 radical (unpaired) electrons. The molecule has 1 unspecified atom stereocenters. The lowest BCUT2D eigenvalue weighted by Crippen LogP contribution is -2.37. The minimum Gasteiger partial charge on any atom is -0.494 e. The van der Waals surface area contributed by atoms with Crippen LogP contribution in [0.4, 0.5) is 10.3 Å². The standard InChI is InChI=1S/C29H29ClFN5O3/c1-17(37)20-13-23(27(30)34-14-20)22-10-19(16-36-9-7-33-29(36)32-2)11-24-21(22)6-8-35(28(24)38)15-18-4-5-25(31)26(12-18)39-3/h4-5,7,9-14,17,37H,6,8,15-16H2,1-3H3,(H,32,33). The van der Waals surface area contributed by atoms with Crippen molar-refractivity contribution >= 4 is 23.5 Å². The van der Waals surface area contributed by atoms with Crippen LogP contribution in [0.5, 0.6) is 5.75 Å². The SMILES string of the molecule is CNc1nccn1Cc1cc2c(c(-c3cc(C(C)O)cnc3Cl)c1)CCN(Cc1ccc(F)c(OC)c1)C2=O. The second-order valence-corrected chi connectivity index (χ2v) is 9.88. The molecule has 0 fully saturated rings. The summed E-state index contributed by atoms with van der Waals surface area (Å²) in [4.78, 5) is 24.3. The molecule has 8 nitrogen and oxygen atoms in total. The van der Waals surface area contributed by atoms with E-state index in [9.17, 15) is 14.3 Å². The molecule has 1 aliphatic heterocycles. The van der Waals surface area contributed by atoms with Gasteiger partial charge in [-0.2, -0.15) is 0 Å². The van der Waals surface area contributed by atoms with Crippen LogP contribution < -0.4 is 10.1 Å². The van der Waals surface area contributed by atoms with Gasteiger partial charge < -0.3 is 24.6 Å². The molecule has 3 heterocycles. The van der Waals surface area contributed by atoms with E-state index >= 15 is 0 Å². The third kappa shape index (κ3) is 5.32. The number of rotatable bonds is 8. The van der Waals surface area contributed by atoms with Gasteiger partial charge in [-0.1, -0.05) is 17.7 Å². The smallest absolute Gasteiger partial charge is 0.254 e. The van der Waals surface area contributed by atoms with Crippen molar-refractivity contribution in [1.82, 2.24) is 19.4 Å². The topological polar surface area (TPSA) is 92.5 Å². The van der Waals surface area contributed by atoms with E-state index in [2.05, 4.69) is 15.3 Å². The first-order valence-corrected chi connectivity index (χ1v) is 13.0. The van der Waals surface area contributed by atoms with E-state index in [1.807, 2.05) is 29.0 Å². The number of pyridine rings is 1. The van der Waals surface area contributed by atoms with Crippen molar-refractivity contribution in [2.75, 3.05) is 26.0 Å². The van der Waals surface area contributed by atoms with Crippen LogP contribution in [0.25, 0.3) is 11.1 Å². The summed E-state index contributed by atoms with van der Waals surface area (Å²) in [6.07, 6.45) is 5.01. The van der Waals surface area contributed by atoms with Crippen LogP contribution in [0.1, 0.15) is 45.6 Å². The molecule has 4 aromatic rings. The number of aliphatic hydroxyl groups excluding tert-OH is 1. The Kier molecular flexibility index (Phi) is 7.54. The van der Waals surface area contributed by atoms with E-state index in [0.29, 0.717) is 53.8 Å². The van der Waals surface area contributed by atoms with Crippen LogP contribution in [0.2, 0.25) is 5.15 Å². The van der Waals surface area contributed by atoms with E-state index in [1.54, 1.807) is 43.4 Å². The van der Waals surface area contributed by atoms with Crippen molar-refractivity contribution < 1.29 is 19.0 Å². The Morgan fingerprint density at radius 3 is 2.67 bits per heavy atom. The number of aliphatic hydroxyl groups is 1. The molecule has 0 spiro atoms. The highest BCUT2D eigenvalue weighted by molar-refractivity contribution is 6.32. The number of benzene rings is 2. The van der Waals surface area contributed by atoms with Gasteiger partial charge in [0.1, 0.15) is 5.15 Å². The van der Waals surface area contributed by atoms with Gasteiger partial charge in [0.15, 0.2) is 11.6 Å². The molecule has 0 saturated carbocycles. The first kappa shape index (κ1) is 26.6. The van der Waals surface area contributed by atoms with E-state index in [0.717, 1.165) is 22.3 Å². The summed E-state index contributed by atoms with van der Waals surface area (Å²) >= 11 is 6.58. The van der Waals surface area contributed by atoms with Crippen LogP contribution in [0.15, 0.2) is 55.0 Å². The maximum atomic E-state index is 13.9. The molecule has 1 aliphatic rings. The predicted octanol–water partition coefficient (Wildman–Crippen LogP) is 5.09. The number of imidazole rings is 1. The van der Waals surface area contributed by atoms with Crippen molar-refractivity contribution in [2.24, 2.45) is 0 Å². The summed E-state index contributed by atoms with van der Waals surface area (Å²) in [6, 6.07) is 10.4. The van der Waals surface area contributed by atoms with Gasteiger partial charge in [0.25, 0.3) is 5.91 Å². The number of amides is 1. The first-order chi connectivity index (χ1) is 18.8. The molecule has 0 saturated heterocycles. The van der Waals surface area contributed by atoms with Gasteiger partial charge in [0.05, 0.1) is 19.8 Å². The fourth-order valence-electron chi connectivity index (χ4n) is 4.96. The molecule has 39 heavy (non-hydrogen) atoms. The summed E-state index contributed by atoms with van der Waals surface area (Å²) in [6.45, 7) is 2.94. The summed E-state index contributed by atoms with van der Waals surface area (Å²) in [7, 11) is 3.22. The largest absolute Gasteiger partial charge is 0.494 e. The normalized spacial score (nSPS) is 13.8. The van der Waals surface area contributed by atoms with E-state index in [-0.39, 0.29) is 11.7 Å². The zero-order chi connectivity index (χ0) is 27.7. The average molecular weight is 550 g/mol. The van der Waals surface area contributed by atoms with Gasteiger partial charge in [-0.3, -0.25) is 4.79 Å². The van der Waals surface area contributed by atoms with Crippen molar-refractivity contribution in [3.8, 4) is 16.9 Å².